The van der Waals surface area contributed by atoms with Crippen molar-refractivity contribution >= 4 is 39.8 Å². The highest BCUT2D eigenvalue weighted by atomic mass is 35.5. The molecule has 8 heteroatoms. The molecule has 0 saturated carbocycles. The molecule has 0 aliphatic rings. The second-order valence-electron chi connectivity index (χ2n) is 4.79. The third-order valence-corrected chi connectivity index (χ3v) is 4.05. The zero-order chi connectivity index (χ0) is 17.3. The van der Waals surface area contributed by atoms with Gasteiger partial charge >= 0.3 is 0 Å². The van der Waals surface area contributed by atoms with Crippen molar-refractivity contribution in [2.45, 2.75) is 0 Å². The first-order valence-electron chi connectivity index (χ1n) is 6.73. The first kappa shape index (κ1) is 16.3. The maximum Gasteiger partial charge on any atom is 0.299 e. The highest BCUT2D eigenvalue weighted by molar-refractivity contribution is 6.42. The molecule has 1 heterocycles. The number of hydrogen-bond donors (Lipinski definition) is 0. The Morgan fingerprint density at radius 1 is 1.08 bits per heavy atom. The molecule has 122 valence electrons. The predicted molar refractivity (Wildman–Crippen MR) is 91.5 cm³/mol. The first-order valence-corrected chi connectivity index (χ1v) is 7.49. The van der Waals surface area contributed by atoms with E-state index < -0.39 is 4.92 Å². The molecule has 0 spiro atoms. The summed E-state index contributed by atoms with van der Waals surface area (Å²) >= 11 is 11.9. The van der Waals surface area contributed by atoms with E-state index in [0.717, 1.165) is 0 Å². The number of benzene rings is 2. The van der Waals surface area contributed by atoms with Gasteiger partial charge in [0.1, 0.15) is 17.2 Å². The van der Waals surface area contributed by atoms with E-state index in [-0.39, 0.29) is 11.2 Å². The minimum Gasteiger partial charge on any atom is -0.496 e. The van der Waals surface area contributed by atoms with Crippen molar-refractivity contribution in [3.8, 4) is 17.2 Å². The van der Waals surface area contributed by atoms with Gasteiger partial charge in [0.2, 0.25) is 0 Å². The van der Waals surface area contributed by atoms with Gasteiger partial charge < -0.3 is 9.47 Å². The van der Waals surface area contributed by atoms with E-state index in [2.05, 4.69) is 4.98 Å². The molecule has 24 heavy (non-hydrogen) atoms. The molecule has 0 unspecified atom stereocenters. The summed E-state index contributed by atoms with van der Waals surface area (Å²) in [5.74, 6) is 1.17. The van der Waals surface area contributed by atoms with E-state index in [1.54, 1.807) is 30.3 Å². The number of methoxy groups -OCH3 is 1. The smallest absolute Gasteiger partial charge is 0.299 e. The van der Waals surface area contributed by atoms with Gasteiger partial charge in [-0.1, -0.05) is 23.2 Å². The number of nitro benzene ring substituents is 1. The number of fused-ring (bicyclic) bond motifs is 1. The van der Waals surface area contributed by atoms with Gasteiger partial charge in [0.05, 0.1) is 33.5 Å². The molecule has 6 nitrogen and oxygen atoms in total. The molecule has 3 aromatic rings. The zero-order valence-electron chi connectivity index (χ0n) is 12.3. The Bertz CT molecular complexity index is 947. The third kappa shape index (κ3) is 3.06. The van der Waals surface area contributed by atoms with E-state index in [1.165, 1.54) is 19.4 Å². The van der Waals surface area contributed by atoms with Gasteiger partial charge in [0.25, 0.3) is 5.69 Å². The first-order chi connectivity index (χ1) is 11.5. The van der Waals surface area contributed by atoms with Crippen LogP contribution in [0.1, 0.15) is 0 Å². The number of halogens is 2. The monoisotopic (exact) mass is 364 g/mol. The minimum absolute atomic E-state index is 0.163. The van der Waals surface area contributed by atoms with Crippen LogP contribution >= 0.6 is 23.2 Å². The molecule has 1 aromatic heterocycles. The van der Waals surface area contributed by atoms with E-state index in [0.29, 0.717) is 32.7 Å². The molecule has 0 atom stereocenters. The fourth-order valence-electron chi connectivity index (χ4n) is 2.20. The molecule has 0 aliphatic carbocycles. The topological polar surface area (TPSA) is 74.5 Å². The van der Waals surface area contributed by atoms with Crippen molar-refractivity contribution in [3.05, 3.63) is 62.8 Å². The number of ether oxygens (including phenoxy) is 2. The second kappa shape index (κ2) is 6.51. The van der Waals surface area contributed by atoms with E-state index >= 15 is 0 Å². The summed E-state index contributed by atoms with van der Waals surface area (Å²) in [4.78, 5) is 14.8. The van der Waals surface area contributed by atoms with Gasteiger partial charge in [-0.25, -0.2) is 4.98 Å². The number of pyridine rings is 1. The Morgan fingerprint density at radius 3 is 2.54 bits per heavy atom. The summed E-state index contributed by atoms with van der Waals surface area (Å²) in [6, 6.07) is 9.36. The molecule has 0 bridgehead atoms. The fraction of sp³-hybridized carbons (Fsp3) is 0.0625. The second-order valence-corrected chi connectivity index (χ2v) is 5.60. The van der Waals surface area contributed by atoms with Crippen LogP contribution in [0, 0.1) is 10.1 Å². The van der Waals surface area contributed by atoms with Crippen molar-refractivity contribution in [2.24, 2.45) is 0 Å². The number of aromatic nitrogens is 1. The van der Waals surface area contributed by atoms with Crippen molar-refractivity contribution in [1.29, 1.82) is 0 Å². The van der Waals surface area contributed by atoms with Gasteiger partial charge in [0, 0.05) is 12.3 Å². The van der Waals surface area contributed by atoms with E-state index in [1.807, 2.05) is 0 Å². The number of nitrogens with zero attached hydrogens (tertiary/aromatic N) is 2. The lowest BCUT2D eigenvalue weighted by Gasteiger charge is -2.10. The molecule has 0 radical (unpaired) electrons. The standard InChI is InChI=1S/C16H10Cl2N2O4/c1-23-10-6-11-15(24-9-2-3-12(17)13(18)7-9)4-5-19-16(11)14(8-10)20(21)22/h2-8H,1H3. The Hall–Kier alpha value is -2.57. The number of rotatable bonds is 4. The van der Waals surface area contributed by atoms with Crippen LogP contribution in [0.15, 0.2) is 42.6 Å². The van der Waals surface area contributed by atoms with Crippen LogP contribution in [0.2, 0.25) is 10.0 Å². The SMILES string of the molecule is COc1cc([N+](=O)[O-])c2nccc(Oc3ccc(Cl)c(Cl)c3)c2c1. The lowest BCUT2D eigenvalue weighted by atomic mass is 10.1. The van der Waals surface area contributed by atoms with Crippen LogP contribution in [0.25, 0.3) is 10.9 Å². The molecule has 0 saturated heterocycles. The number of hydrogen-bond acceptors (Lipinski definition) is 5. The van der Waals surface area contributed by atoms with Gasteiger partial charge in [-0.05, 0) is 24.3 Å². The normalized spacial score (nSPS) is 10.6. The van der Waals surface area contributed by atoms with E-state index in [9.17, 15) is 10.1 Å². The summed E-state index contributed by atoms with van der Waals surface area (Å²) in [5, 5.41) is 12.5. The summed E-state index contributed by atoms with van der Waals surface area (Å²) in [7, 11) is 1.43. The van der Waals surface area contributed by atoms with Crippen LogP contribution in [-0.4, -0.2) is 17.0 Å². The number of non-ortho nitro benzene ring substituents is 1. The predicted octanol–water partition coefficient (Wildman–Crippen LogP) is 5.25. The molecular formula is C16H10Cl2N2O4. The summed E-state index contributed by atoms with van der Waals surface area (Å²) in [6.45, 7) is 0. The highest BCUT2D eigenvalue weighted by Gasteiger charge is 2.18. The average molecular weight is 365 g/mol. The summed E-state index contributed by atoms with van der Waals surface area (Å²) in [5.41, 5.74) is 0.0438. The van der Waals surface area contributed by atoms with Crippen LogP contribution in [0.4, 0.5) is 5.69 Å². The average Bonchev–Trinajstić information content (AvgIpc) is 2.57. The molecule has 2 aromatic carbocycles. The van der Waals surface area contributed by atoms with Crippen molar-refractivity contribution in [1.82, 2.24) is 4.98 Å². The Morgan fingerprint density at radius 2 is 1.88 bits per heavy atom. The van der Waals surface area contributed by atoms with Crippen LogP contribution < -0.4 is 9.47 Å². The van der Waals surface area contributed by atoms with Crippen LogP contribution in [0.3, 0.4) is 0 Å². The molecule has 0 fully saturated rings. The maximum absolute atomic E-state index is 11.3. The Kier molecular flexibility index (Phi) is 4.42. The third-order valence-electron chi connectivity index (χ3n) is 3.31. The van der Waals surface area contributed by atoms with Crippen molar-refractivity contribution < 1.29 is 14.4 Å². The Labute approximate surface area is 146 Å². The Balaban J connectivity index is 2.15. The van der Waals surface area contributed by atoms with Crippen molar-refractivity contribution in [3.63, 3.8) is 0 Å². The minimum atomic E-state index is -0.513. The molecule has 0 N–H and O–H groups in total. The molecule has 0 aliphatic heterocycles. The molecular weight excluding hydrogens is 355 g/mol. The van der Waals surface area contributed by atoms with Gasteiger partial charge in [-0.2, -0.15) is 0 Å². The number of nitro groups is 1. The molecule has 3 rings (SSSR count). The highest BCUT2D eigenvalue weighted by Crippen LogP contribution is 2.37. The summed E-state index contributed by atoms with van der Waals surface area (Å²) in [6.07, 6.45) is 1.44. The summed E-state index contributed by atoms with van der Waals surface area (Å²) < 4.78 is 10.9. The zero-order valence-corrected chi connectivity index (χ0v) is 13.8. The quantitative estimate of drug-likeness (QED) is 0.466. The lowest BCUT2D eigenvalue weighted by molar-refractivity contribution is -0.383. The van der Waals surface area contributed by atoms with Crippen LogP contribution in [-0.2, 0) is 0 Å². The molecule has 0 amide bonds. The van der Waals surface area contributed by atoms with Gasteiger partial charge in [-0.15, -0.1) is 0 Å². The lowest BCUT2D eigenvalue weighted by Crippen LogP contribution is -1.95. The van der Waals surface area contributed by atoms with Crippen LogP contribution in [0.5, 0.6) is 17.2 Å². The van der Waals surface area contributed by atoms with Gasteiger partial charge in [-0.3, -0.25) is 10.1 Å². The van der Waals surface area contributed by atoms with Crippen molar-refractivity contribution in [2.75, 3.05) is 7.11 Å². The maximum atomic E-state index is 11.3. The van der Waals surface area contributed by atoms with Gasteiger partial charge in [0.15, 0.2) is 5.52 Å². The fourth-order valence-corrected chi connectivity index (χ4v) is 2.49. The largest absolute Gasteiger partial charge is 0.496 e. The van der Waals surface area contributed by atoms with E-state index in [4.69, 9.17) is 32.7 Å².